The highest BCUT2D eigenvalue weighted by Crippen LogP contribution is 2.18. The van der Waals surface area contributed by atoms with Crippen molar-refractivity contribution < 1.29 is 9.18 Å². The van der Waals surface area contributed by atoms with Crippen LogP contribution >= 0.6 is 11.6 Å². The van der Waals surface area contributed by atoms with Gasteiger partial charge in [-0.2, -0.15) is 0 Å². The Morgan fingerprint density at radius 1 is 1.61 bits per heavy atom. The molecule has 3 nitrogen and oxygen atoms in total. The van der Waals surface area contributed by atoms with Crippen LogP contribution in [0.15, 0.2) is 30.4 Å². The van der Waals surface area contributed by atoms with Crippen molar-refractivity contribution in [1.82, 2.24) is 10.6 Å². The first-order chi connectivity index (χ1) is 8.58. The third-order valence-corrected chi connectivity index (χ3v) is 3.18. The second kappa shape index (κ2) is 5.50. The largest absolute Gasteiger partial charge is 0.351 e. The number of benzene rings is 1. The maximum absolute atomic E-state index is 13.6. The molecule has 0 spiro atoms. The molecule has 2 rings (SSSR count). The van der Waals surface area contributed by atoms with Crippen LogP contribution in [0.2, 0.25) is 5.02 Å². The molecule has 1 saturated heterocycles. The smallest absolute Gasteiger partial charge is 0.237 e. The van der Waals surface area contributed by atoms with Gasteiger partial charge in [0, 0.05) is 18.7 Å². The van der Waals surface area contributed by atoms with Crippen molar-refractivity contribution in [2.24, 2.45) is 0 Å². The van der Waals surface area contributed by atoms with Gasteiger partial charge in [-0.15, -0.1) is 0 Å². The number of nitrogens with one attached hydrogen (secondary N) is 2. The van der Waals surface area contributed by atoms with Gasteiger partial charge in [0.15, 0.2) is 0 Å². The average molecular weight is 269 g/mol. The van der Waals surface area contributed by atoms with Crippen molar-refractivity contribution in [3.05, 3.63) is 46.8 Å². The summed E-state index contributed by atoms with van der Waals surface area (Å²) in [5.74, 6) is -0.628. The minimum atomic E-state index is -0.483. The molecule has 1 fully saturated rings. The molecule has 5 heteroatoms. The van der Waals surface area contributed by atoms with E-state index in [1.165, 1.54) is 6.07 Å². The second-order valence-corrected chi connectivity index (χ2v) is 4.73. The fourth-order valence-corrected chi connectivity index (χ4v) is 2.07. The van der Waals surface area contributed by atoms with Gasteiger partial charge in [0.2, 0.25) is 5.91 Å². The first-order valence-electron chi connectivity index (χ1n) is 5.68. The molecule has 1 aromatic carbocycles. The molecule has 1 aliphatic rings. The van der Waals surface area contributed by atoms with Gasteiger partial charge >= 0.3 is 0 Å². The standard InChI is InChI=1S/C13H14ClFN2O/c1-8-5-11(16-6-8)13(18)17-7-9-3-2-4-10(14)12(9)15/h2-4,11,16H,1,5-7H2,(H,17,18)/t11-/m0/s1. The monoisotopic (exact) mass is 268 g/mol. The lowest BCUT2D eigenvalue weighted by Gasteiger charge is -2.11. The normalized spacial score (nSPS) is 19.0. The Kier molecular flexibility index (Phi) is 3.99. The fourth-order valence-electron chi connectivity index (χ4n) is 1.88. The number of halogens is 2. The van der Waals surface area contributed by atoms with Crippen molar-refractivity contribution in [1.29, 1.82) is 0 Å². The third kappa shape index (κ3) is 2.89. The van der Waals surface area contributed by atoms with E-state index in [1.54, 1.807) is 12.1 Å². The molecule has 2 N–H and O–H groups in total. The summed E-state index contributed by atoms with van der Waals surface area (Å²) in [6, 6.07) is 4.47. The Labute approximate surface area is 110 Å². The van der Waals surface area contributed by atoms with Gasteiger partial charge in [-0.05, 0) is 12.5 Å². The highest BCUT2D eigenvalue weighted by molar-refractivity contribution is 6.30. The fraction of sp³-hybridized carbons (Fsp3) is 0.308. The molecule has 1 heterocycles. The van der Waals surface area contributed by atoms with E-state index in [0.717, 1.165) is 5.57 Å². The van der Waals surface area contributed by atoms with Crippen molar-refractivity contribution in [3.8, 4) is 0 Å². The third-order valence-electron chi connectivity index (χ3n) is 2.89. The van der Waals surface area contributed by atoms with E-state index in [9.17, 15) is 9.18 Å². The quantitative estimate of drug-likeness (QED) is 0.824. The number of amides is 1. The lowest BCUT2D eigenvalue weighted by molar-refractivity contribution is -0.122. The van der Waals surface area contributed by atoms with Crippen LogP contribution in [0.25, 0.3) is 0 Å². The van der Waals surface area contributed by atoms with E-state index in [-0.39, 0.29) is 23.5 Å². The molecule has 0 saturated carbocycles. The molecule has 0 bridgehead atoms. The number of rotatable bonds is 3. The molecule has 0 aromatic heterocycles. The Morgan fingerprint density at radius 2 is 2.39 bits per heavy atom. The molecule has 0 radical (unpaired) electrons. The van der Waals surface area contributed by atoms with E-state index in [4.69, 9.17) is 11.6 Å². The SMILES string of the molecule is C=C1CN[C@H](C(=O)NCc2cccc(Cl)c2F)C1. The van der Waals surface area contributed by atoms with Gasteiger partial charge in [-0.1, -0.05) is 35.9 Å². The van der Waals surface area contributed by atoms with Crippen LogP contribution in [0.4, 0.5) is 4.39 Å². The zero-order valence-electron chi connectivity index (χ0n) is 9.80. The van der Waals surface area contributed by atoms with Crippen LogP contribution in [0.3, 0.4) is 0 Å². The molecule has 0 unspecified atom stereocenters. The summed E-state index contributed by atoms with van der Waals surface area (Å²) >= 11 is 5.66. The zero-order chi connectivity index (χ0) is 13.1. The Hall–Kier alpha value is -1.39. The van der Waals surface area contributed by atoms with Gasteiger partial charge in [0.1, 0.15) is 5.82 Å². The summed E-state index contributed by atoms with van der Waals surface area (Å²) in [7, 11) is 0. The van der Waals surface area contributed by atoms with E-state index < -0.39 is 5.82 Å². The zero-order valence-corrected chi connectivity index (χ0v) is 10.6. The maximum atomic E-state index is 13.6. The average Bonchev–Trinajstić information content (AvgIpc) is 2.77. The van der Waals surface area contributed by atoms with Gasteiger partial charge in [-0.3, -0.25) is 4.79 Å². The number of carbonyl (C=O) groups is 1. The summed E-state index contributed by atoms with van der Waals surface area (Å²) < 4.78 is 13.6. The first kappa shape index (κ1) is 13.1. The topological polar surface area (TPSA) is 41.1 Å². The van der Waals surface area contributed by atoms with E-state index >= 15 is 0 Å². The number of hydrogen-bond donors (Lipinski definition) is 2. The second-order valence-electron chi connectivity index (χ2n) is 4.32. The van der Waals surface area contributed by atoms with Crippen LogP contribution in [0, 0.1) is 5.82 Å². The van der Waals surface area contributed by atoms with Crippen LogP contribution in [0.1, 0.15) is 12.0 Å². The van der Waals surface area contributed by atoms with Gasteiger partial charge in [0.25, 0.3) is 0 Å². The van der Waals surface area contributed by atoms with E-state index in [2.05, 4.69) is 17.2 Å². The summed E-state index contributed by atoms with van der Waals surface area (Å²) in [4.78, 5) is 11.8. The molecule has 1 amide bonds. The van der Waals surface area contributed by atoms with Crippen molar-refractivity contribution in [3.63, 3.8) is 0 Å². The maximum Gasteiger partial charge on any atom is 0.237 e. The summed E-state index contributed by atoms with van der Waals surface area (Å²) in [6.07, 6.45) is 0.629. The van der Waals surface area contributed by atoms with E-state index in [0.29, 0.717) is 18.5 Å². The lowest BCUT2D eigenvalue weighted by atomic mass is 10.1. The Bertz CT molecular complexity index is 490. The van der Waals surface area contributed by atoms with Crippen molar-refractivity contribution in [2.45, 2.75) is 19.0 Å². The van der Waals surface area contributed by atoms with Crippen LogP contribution in [0.5, 0.6) is 0 Å². The van der Waals surface area contributed by atoms with Gasteiger partial charge in [-0.25, -0.2) is 4.39 Å². The minimum Gasteiger partial charge on any atom is -0.351 e. The van der Waals surface area contributed by atoms with Gasteiger partial charge < -0.3 is 10.6 Å². The highest BCUT2D eigenvalue weighted by Gasteiger charge is 2.24. The van der Waals surface area contributed by atoms with Gasteiger partial charge in [0.05, 0.1) is 11.1 Å². The lowest BCUT2D eigenvalue weighted by Crippen LogP contribution is -2.40. The summed E-state index contributed by atoms with van der Waals surface area (Å²) in [6.45, 7) is 4.60. The minimum absolute atomic E-state index is 0.0640. The van der Waals surface area contributed by atoms with Crippen LogP contribution in [-0.2, 0) is 11.3 Å². The predicted molar refractivity (Wildman–Crippen MR) is 68.8 cm³/mol. The summed E-state index contributed by atoms with van der Waals surface area (Å²) in [5.41, 5.74) is 1.39. The molecule has 1 atom stereocenters. The number of carbonyl (C=O) groups excluding carboxylic acids is 1. The molecule has 96 valence electrons. The number of hydrogen-bond acceptors (Lipinski definition) is 2. The summed E-state index contributed by atoms with van der Waals surface area (Å²) in [5, 5.41) is 5.79. The van der Waals surface area contributed by atoms with Crippen LogP contribution in [-0.4, -0.2) is 18.5 Å². The van der Waals surface area contributed by atoms with Crippen LogP contribution < -0.4 is 10.6 Å². The molecule has 18 heavy (non-hydrogen) atoms. The Morgan fingerprint density at radius 3 is 3.06 bits per heavy atom. The Balaban J connectivity index is 1.93. The highest BCUT2D eigenvalue weighted by atomic mass is 35.5. The first-order valence-corrected chi connectivity index (χ1v) is 6.06. The van der Waals surface area contributed by atoms with Crippen molar-refractivity contribution >= 4 is 17.5 Å². The van der Waals surface area contributed by atoms with E-state index in [1.807, 2.05) is 0 Å². The predicted octanol–water partition coefficient (Wildman–Crippen LogP) is 2.01. The van der Waals surface area contributed by atoms with Crippen molar-refractivity contribution in [2.75, 3.05) is 6.54 Å². The molecule has 0 aliphatic carbocycles. The molecular weight excluding hydrogens is 255 g/mol. The molecule has 1 aromatic rings. The molecule has 1 aliphatic heterocycles. The molecular formula is C13H14ClFN2O.